The third kappa shape index (κ3) is 5.70. The molecule has 5 nitrogen and oxygen atoms in total. The van der Waals surface area contributed by atoms with Gasteiger partial charge in [-0.25, -0.2) is 0 Å². The van der Waals surface area contributed by atoms with E-state index in [1.54, 1.807) is 0 Å². The van der Waals surface area contributed by atoms with Gasteiger partial charge >= 0.3 is 0 Å². The highest BCUT2D eigenvalue weighted by Crippen LogP contribution is 2.22. The van der Waals surface area contributed by atoms with Gasteiger partial charge in [-0.3, -0.25) is 4.68 Å². The van der Waals surface area contributed by atoms with Crippen LogP contribution in [0.15, 0.2) is 24.3 Å². The Morgan fingerprint density at radius 3 is 2.80 bits per heavy atom. The van der Waals surface area contributed by atoms with Gasteiger partial charge in [0.15, 0.2) is 5.11 Å². The number of nitrogens with zero attached hydrogens (tertiary/aromatic N) is 2. The highest BCUT2D eigenvalue weighted by Gasteiger charge is 2.13. The van der Waals surface area contributed by atoms with Gasteiger partial charge in [-0.1, -0.05) is 29.8 Å². The summed E-state index contributed by atoms with van der Waals surface area (Å²) in [5.41, 5.74) is 3.91. The van der Waals surface area contributed by atoms with E-state index in [1.165, 1.54) is 0 Å². The van der Waals surface area contributed by atoms with Gasteiger partial charge in [-0.15, -0.1) is 0 Å². The molecule has 0 fully saturated rings. The van der Waals surface area contributed by atoms with Crippen molar-refractivity contribution >= 4 is 34.6 Å². The number of aryl methyl sites for hydroxylation is 1. The first-order chi connectivity index (χ1) is 12.0. The minimum Gasteiger partial charge on any atom is -0.382 e. The van der Waals surface area contributed by atoms with E-state index >= 15 is 0 Å². The van der Waals surface area contributed by atoms with Gasteiger partial charge in [-0.05, 0) is 51.0 Å². The van der Waals surface area contributed by atoms with Crippen molar-refractivity contribution in [2.75, 3.05) is 25.1 Å². The molecule has 2 N–H and O–H groups in total. The maximum absolute atomic E-state index is 6.25. The fraction of sp³-hybridized carbons (Fsp3) is 0.444. The molecule has 1 aromatic heterocycles. The lowest BCUT2D eigenvalue weighted by Crippen LogP contribution is -2.30. The molecule has 0 saturated carbocycles. The standard InChI is InChI=1S/C18H25ClN4OS/c1-4-24-11-7-10-20-18(25)21-17-13(2)22-23(14(17)3)12-15-8-5-6-9-16(15)19/h5-6,8-9H,4,7,10-12H2,1-3H3,(H2,20,21,25). The van der Waals surface area contributed by atoms with Gasteiger partial charge in [0.25, 0.3) is 0 Å². The van der Waals surface area contributed by atoms with Crippen molar-refractivity contribution in [1.29, 1.82) is 0 Å². The number of rotatable bonds is 8. The van der Waals surface area contributed by atoms with Crippen LogP contribution in [-0.2, 0) is 11.3 Å². The van der Waals surface area contributed by atoms with Crippen LogP contribution < -0.4 is 10.6 Å². The number of ether oxygens (including phenoxy) is 1. The first kappa shape index (κ1) is 19.7. The van der Waals surface area contributed by atoms with Crippen LogP contribution in [0.2, 0.25) is 5.02 Å². The maximum Gasteiger partial charge on any atom is 0.170 e. The third-order valence-corrected chi connectivity index (χ3v) is 4.47. The Bertz CT molecular complexity index is 717. The molecule has 2 aromatic rings. The lowest BCUT2D eigenvalue weighted by Gasteiger charge is -2.11. The zero-order chi connectivity index (χ0) is 18.2. The summed E-state index contributed by atoms with van der Waals surface area (Å²) in [5, 5.41) is 12.4. The van der Waals surface area contributed by atoms with Gasteiger partial charge in [0.1, 0.15) is 0 Å². The Balaban J connectivity index is 1.97. The van der Waals surface area contributed by atoms with Crippen molar-refractivity contribution in [2.24, 2.45) is 0 Å². The molecule has 1 aromatic carbocycles. The van der Waals surface area contributed by atoms with Crippen LogP contribution in [-0.4, -0.2) is 34.7 Å². The molecule has 0 amide bonds. The monoisotopic (exact) mass is 380 g/mol. The molecule has 0 bridgehead atoms. The summed E-state index contributed by atoms with van der Waals surface area (Å²) in [7, 11) is 0. The van der Waals surface area contributed by atoms with Crippen molar-refractivity contribution in [3.8, 4) is 0 Å². The molecule has 25 heavy (non-hydrogen) atoms. The average Bonchev–Trinajstić information content (AvgIpc) is 2.84. The largest absolute Gasteiger partial charge is 0.382 e. The van der Waals surface area contributed by atoms with E-state index in [4.69, 9.17) is 28.6 Å². The molecule has 1 heterocycles. The number of nitrogens with one attached hydrogen (secondary N) is 2. The Morgan fingerprint density at radius 2 is 2.08 bits per heavy atom. The summed E-state index contributed by atoms with van der Waals surface area (Å²) in [6.45, 7) is 8.87. The third-order valence-electron chi connectivity index (χ3n) is 3.85. The molecule has 0 radical (unpaired) electrons. The van der Waals surface area contributed by atoms with Crippen molar-refractivity contribution in [3.63, 3.8) is 0 Å². The number of benzene rings is 1. The predicted molar refractivity (Wildman–Crippen MR) is 108 cm³/mol. The first-order valence-corrected chi connectivity index (χ1v) is 9.21. The summed E-state index contributed by atoms with van der Waals surface area (Å²) < 4.78 is 7.25. The number of anilines is 1. The van der Waals surface area contributed by atoms with E-state index in [2.05, 4.69) is 15.7 Å². The summed E-state index contributed by atoms with van der Waals surface area (Å²) in [4.78, 5) is 0. The SMILES string of the molecule is CCOCCCNC(=S)Nc1c(C)nn(Cc2ccccc2Cl)c1C. The fourth-order valence-corrected chi connectivity index (χ4v) is 2.90. The highest BCUT2D eigenvalue weighted by molar-refractivity contribution is 7.80. The topological polar surface area (TPSA) is 51.1 Å². The number of thiocarbonyl (C=S) groups is 1. The molecule has 2 rings (SSSR count). The second-order valence-corrected chi connectivity index (χ2v) is 6.54. The number of halogens is 1. The molecule has 7 heteroatoms. The Labute approximate surface area is 159 Å². The lowest BCUT2D eigenvalue weighted by atomic mass is 10.2. The average molecular weight is 381 g/mol. The fourth-order valence-electron chi connectivity index (χ4n) is 2.50. The van der Waals surface area contributed by atoms with Crippen molar-refractivity contribution in [1.82, 2.24) is 15.1 Å². The molecule has 0 unspecified atom stereocenters. The predicted octanol–water partition coefficient (Wildman–Crippen LogP) is 3.91. The lowest BCUT2D eigenvalue weighted by molar-refractivity contribution is 0.146. The maximum atomic E-state index is 6.25. The normalized spacial score (nSPS) is 10.7. The molecule has 0 aliphatic carbocycles. The number of aromatic nitrogens is 2. The van der Waals surface area contributed by atoms with Crippen LogP contribution in [0.5, 0.6) is 0 Å². The van der Waals surface area contributed by atoms with E-state index in [1.807, 2.05) is 49.7 Å². The molecular formula is C18H25ClN4OS. The van der Waals surface area contributed by atoms with Gasteiger partial charge < -0.3 is 15.4 Å². The summed E-state index contributed by atoms with van der Waals surface area (Å²) in [6.07, 6.45) is 0.916. The van der Waals surface area contributed by atoms with Gasteiger partial charge in [-0.2, -0.15) is 5.10 Å². The molecule has 0 aliphatic rings. The number of hydrogen-bond acceptors (Lipinski definition) is 3. The molecule has 0 atom stereocenters. The van der Waals surface area contributed by atoms with E-state index in [0.717, 1.165) is 53.8 Å². The first-order valence-electron chi connectivity index (χ1n) is 8.43. The van der Waals surface area contributed by atoms with Crippen LogP contribution in [0.4, 0.5) is 5.69 Å². The van der Waals surface area contributed by atoms with Crippen LogP contribution in [0.1, 0.15) is 30.3 Å². The molecule has 0 spiro atoms. The van der Waals surface area contributed by atoms with E-state index in [0.29, 0.717) is 11.7 Å². The minimum atomic E-state index is 0.597. The Morgan fingerprint density at radius 1 is 1.32 bits per heavy atom. The van der Waals surface area contributed by atoms with Gasteiger partial charge in [0, 0.05) is 24.8 Å². The minimum absolute atomic E-state index is 0.597. The summed E-state index contributed by atoms with van der Waals surface area (Å²) in [5.74, 6) is 0. The van der Waals surface area contributed by atoms with Crippen molar-refractivity contribution in [3.05, 3.63) is 46.2 Å². The van der Waals surface area contributed by atoms with E-state index in [9.17, 15) is 0 Å². The Kier molecular flexibility index (Phi) is 7.68. The zero-order valence-corrected chi connectivity index (χ0v) is 16.5. The molecule has 0 saturated heterocycles. The Hall–Kier alpha value is -1.63. The molecule has 136 valence electrons. The number of hydrogen-bond donors (Lipinski definition) is 2. The second kappa shape index (κ2) is 9.75. The smallest absolute Gasteiger partial charge is 0.170 e. The van der Waals surface area contributed by atoms with E-state index in [-0.39, 0.29) is 0 Å². The zero-order valence-electron chi connectivity index (χ0n) is 14.9. The van der Waals surface area contributed by atoms with E-state index < -0.39 is 0 Å². The van der Waals surface area contributed by atoms with Crippen LogP contribution in [0, 0.1) is 13.8 Å². The summed E-state index contributed by atoms with van der Waals surface area (Å²) >= 11 is 11.6. The van der Waals surface area contributed by atoms with Gasteiger partial charge in [0.05, 0.1) is 23.6 Å². The second-order valence-electron chi connectivity index (χ2n) is 5.73. The highest BCUT2D eigenvalue weighted by atomic mass is 35.5. The van der Waals surface area contributed by atoms with Crippen molar-refractivity contribution < 1.29 is 4.74 Å². The van der Waals surface area contributed by atoms with Crippen LogP contribution >= 0.6 is 23.8 Å². The quantitative estimate of drug-likeness (QED) is 0.537. The van der Waals surface area contributed by atoms with Gasteiger partial charge in [0.2, 0.25) is 0 Å². The molecule has 0 aliphatic heterocycles. The summed E-state index contributed by atoms with van der Waals surface area (Å²) in [6, 6.07) is 7.81. The molecular weight excluding hydrogens is 356 g/mol. The van der Waals surface area contributed by atoms with Crippen LogP contribution in [0.3, 0.4) is 0 Å². The van der Waals surface area contributed by atoms with Crippen molar-refractivity contribution in [2.45, 2.75) is 33.7 Å². The van der Waals surface area contributed by atoms with Crippen LogP contribution in [0.25, 0.3) is 0 Å².